The molecule has 0 atom stereocenters. The smallest absolute Gasteiger partial charge is 0.262 e. The van der Waals surface area contributed by atoms with Gasteiger partial charge in [-0.25, -0.2) is 0 Å². The van der Waals surface area contributed by atoms with Crippen molar-refractivity contribution in [1.82, 2.24) is 0 Å². The van der Waals surface area contributed by atoms with E-state index in [1.807, 2.05) is 30.3 Å². The van der Waals surface area contributed by atoms with Gasteiger partial charge in [-0.3, -0.25) is 4.79 Å². The van der Waals surface area contributed by atoms with E-state index in [0.29, 0.717) is 11.4 Å². The molecule has 0 aromatic heterocycles. The first-order valence-corrected chi connectivity index (χ1v) is 6.47. The number of benzene rings is 2. The number of para-hydroxylation sites is 1. The van der Waals surface area contributed by atoms with Crippen LogP contribution in [0.25, 0.3) is 0 Å². The number of carbonyl (C=O) groups excluding carboxylic acids is 1. The minimum atomic E-state index is -0.228. The van der Waals surface area contributed by atoms with E-state index in [-0.39, 0.29) is 12.5 Å². The highest BCUT2D eigenvalue weighted by molar-refractivity contribution is 9.10. The van der Waals surface area contributed by atoms with Crippen LogP contribution in [0.1, 0.15) is 0 Å². The SMILES string of the molecule is Nc1cc(Br)ccc1OCC(=O)Nc1ccccc1. The fourth-order valence-electron chi connectivity index (χ4n) is 1.51. The van der Waals surface area contributed by atoms with Gasteiger partial charge in [0.2, 0.25) is 0 Å². The highest BCUT2D eigenvalue weighted by Crippen LogP contribution is 2.25. The van der Waals surface area contributed by atoms with Gasteiger partial charge in [0.15, 0.2) is 6.61 Å². The maximum Gasteiger partial charge on any atom is 0.262 e. The minimum absolute atomic E-state index is 0.0826. The number of nitrogens with two attached hydrogens (primary N) is 1. The van der Waals surface area contributed by atoms with Crippen LogP contribution in [0, 0.1) is 0 Å². The van der Waals surface area contributed by atoms with Crippen LogP contribution in [-0.2, 0) is 4.79 Å². The van der Waals surface area contributed by atoms with Crippen molar-refractivity contribution in [2.75, 3.05) is 17.7 Å². The molecule has 19 heavy (non-hydrogen) atoms. The summed E-state index contributed by atoms with van der Waals surface area (Å²) >= 11 is 3.31. The minimum Gasteiger partial charge on any atom is -0.482 e. The van der Waals surface area contributed by atoms with E-state index in [4.69, 9.17) is 10.5 Å². The molecule has 2 aromatic carbocycles. The van der Waals surface area contributed by atoms with Gasteiger partial charge in [-0.2, -0.15) is 0 Å². The van der Waals surface area contributed by atoms with E-state index in [9.17, 15) is 4.79 Å². The van der Waals surface area contributed by atoms with Crippen molar-refractivity contribution >= 4 is 33.2 Å². The molecule has 2 rings (SSSR count). The first-order valence-electron chi connectivity index (χ1n) is 5.68. The van der Waals surface area contributed by atoms with Gasteiger partial charge in [0, 0.05) is 10.2 Å². The van der Waals surface area contributed by atoms with Gasteiger partial charge in [-0.15, -0.1) is 0 Å². The number of hydrogen-bond acceptors (Lipinski definition) is 3. The third-order valence-corrected chi connectivity index (χ3v) is 2.88. The third-order valence-electron chi connectivity index (χ3n) is 2.39. The summed E-state index contributed by atoms with van der Waals surface area (Å²) in [7, 11) is 0. The highest BCUT2D eigenvalue weighted by Gasteiger charge is 2.06. The molecule has 0 heterocycles. The van der Waals surface area contributed by atoms with Crippen molar-refractivity contribution in [3.8, 4) is 5.75 Å². The summed E-state index contributed by atoms with van der Waals surface area (Å²) in [6.07, 6.45) is 0. The molecule has 0 aliphatic carbocycles. The second-order valence-electron chi connectivity index (χ2n) is 3.89. The average molecular weight is 321 g/mol. The summed E-state index contributed by atoms with van der Waals surface area (Å²) in [5.41, 5.74) is 7.00. The number of carbonyl (C=O) groups is 1. The summed E-state index contributed by atoms with van der Waals surface area (Å²) in [6.45, 7) is -0.0826. The van der Waals surface area contributed by atoms with E-state index >= 15 is 0 Å². The molecule has 1 amide bonds. The van der Waals surface area contributed by atoms with Gasteiger partial charge >= 0.3 is 0 Å². The Bertz CT molecular complexity index is 573. The van der Waals surface area contributed by atoms with Crippen molar-refractivity contribution in [3.63, 3.8) is 0 Å². The number of amides is 1. The molecule has 98 valence electrons. The monoisotopic (exact) mass is 320 g/mol. The van der Waals surface area contributed by atoms with Crippen molar-refractivity contribution < 1.29 is 9.53 Å². The van der Waals surface area contributed by atoms with E-state index in [2.05, 4.69) is 21.2 Å². The van der Waals surface area contributed by atoms with E-state index < -0.39 is 0 Å². The lowest BCUT2D eigenvalue weighted by Crippen LogP contribution is -2.20. The van der Waals surface area contributed by atoms with Crippen LogP contribution in [-0.4, -0.2) is 12.5 Å². The molecule has 2 aromatic rings. The number of halogens is 1. The fraction of sp³-hybridized carbons (Fsp3) is 0.0714. The molecular weight excluding hydrogens is 308 g/mol. The lowest BCUT2D eigenvalue weighted by Gasteiger charge is -2.09. The lowest BCUT2D eigenvalue weighted by molar-refractivity contribution is -0.118. The van der Waals surface area contributed by atoms with E-state index in [1.54, 1.807) is 18.2 Å². The van der Waals surface area contributed by atoms with Crippen LogP contribution in [0.2, 0.25) is 0 Å². The molecule has 0 fully saturated rings. The first kappa shape index (κ1) is 13.4. The third kappa shape index (κ3) is 3.99. The van der Waals surface area contributed by atoms with Crippen LogP contribution in [0.4, 0.5) is 11.4 Å². The number of anilines is 2. The summed E-state index contributed by atoms with van der Waals surface area (Å²) in [5.74, 6) is 0.264. The first-order chi connectivity index (χ1) is 9.15. The van der Waals surface area contributed by atoms with Crippen LogP contribution >= 0.6 is 15.9 Å². The van der Waals surface area contributed by atoms with Gasteiger partial charge in [0.25, 0.3) is 5.91 Å². The molecule has 3 N–H and O–H groups in total. The van der Waals surface area contributed by atoms with E-state index in [1.165, 1.54) is 0 Å². The summed E-state index contributed by atoms with van der Waals surface area (Å²) in [5, 5.41) is 2.73. The van der Waals surface area contributed by atoms with Crippen molar-refractivity contribution in [2.24, 2.45) is 0 Å². The largest absolute Gasteiger partial charge is 0.482 e. The second-order valence-corrected chi connectivity index (χ2v) is 4.80. The molecule has 0 saturated carbocycles. The zero-order chi connectivity index (χ0) is 13.7. The second kappa shape index (κ2) is 6.24. The summed E-state index contributed by atoms with van der Waals surface area (Å²) < 4.78 is 6.23. The Hall–Kier alpha value is -2.01. The molecule has 0 radical (unpaired) electrons. The zero-order valence-electron chi connectivity index (χ0n) is 10.1. The number of rotatable bonds is 4. The number of nitrogen functional groups attached to an aromatic ring is 1. The number of hydrogen-bond donors (Lipinski definition) is 2. The molecule has 0 aliphatic rings. The maximum absolute atomic E-state index is 11.7. The normalized spacial score (nSPS) is 9.95. The van der Waals surface area contributed by atoms with Crippen molar-refractivity contribution in [2.45, 2.75) is 0 Å². The molecule has 0 unspecified atom stereocenters. The molecule has 0 aliphatic heterocycles. The highest BCUT2D eigenvalue weighted by atomic mass is 79.9. The molecule has 4 nitrogen and oxygen atoms in total. The number of ether oxygens (including phenoxy) is 1. The molecule has 0 spiro atoms. The molecule has 5 heteroatoms. The van der Waals surface area contributed by atoms with Crippen LogP contribution < -0.4 is 15.8 Å². The van der Waals surface area contributed by atoms with Crippen molar-refractivity contribution in [3.05, 3.63) is 53.0 Å². The lowest BCUT2D eigenvalue weighted by atomic mass is 10.3. The predicted octanol–water partition coefficient (Wildman–Crippen LogP) is 3.05. The van der Waals surface area contributed by atoms with Gasteiger partial charge in [-0.05, 0) is 30.3 Å². The quantitative estimate of drug-likeness (QED) is 0.851. The Morgan fingerprint density at radius 3 is 2.63 bits per heavy atom. The van der Waals surface area contributed by atoms with Gasteiger partial charge in [0.05, 0.1) is 5.69 Å². The standard InChI is InChI=1S/C14H13BrN2O2/c15-10-6-7-13(12(16)8-10)19-9-14(18)17-11-4-2-1-3-5-11/h1-8H,9,16H2,(H,17,18). The average Bonchev–Trinajstić information content (AvgIpc) is 2.39. The predicted molar refractivity (Wildman–Crippen MR) is 79.1 cm³/mol. The summed E-state index contributed by atoms with van der Waals surface area (Å²) in [4.78, 5) is 11.7. The molecular formula is C14H13BrN2O2. The Morgan fingerprint density at radius 1 is 1.21 bits per heavy atom. The fourth-order valence-corrected chi connectivity index (χ4v) is 1.89. The summed E-state index contributed by atoms with van der Waals surface area (Å²) in [6, 6.07) is 14.5. The van der Waals surface area contributed by atoms with E-state index in [0.717, 1.165) is 10.2 Å². The van der Waals surface area contributed by atoms with Crippen LogP contribution in [0.5, 0.6) is 5.75 Å². The Morgan fingerprint density at radius 2 is 1.95 bits per heavy atom. The zero-order valence-corrected chi connectivity index (χ0v) is 11.7. The Kier molecular flexibility index (Phi) is 4.41. The molecule has 0 bridgehead atoms. The number of nitrogens with one attached hydrogen (secondary N) is 1. The van der Waals surface area contributed by atoms with Gasteiger partial charge in [0.1, 0.15) is 5.75 Å². The van der Waals surface area contributed by atoms with Crippen LogP contribution in [0.3, 0.4) is 0 Å². The van der Waals surface area contributed by atoms with Gasteiger partial charge in [-0.1, -0.05) is 34.1 Å². The Labute approximate surface area is 119 Å². The maximum atomic E-state index is 11.7. The Balaban J connectivity index is 1.90. The van der Waals surface area contributed by atoms with Crippen LogP contribution in [0.15, 0.2) is 53.0 Å². The topological polar surface area (TPSA) is 64.3 Å². The van der Waals surface area contributed by atoms with Gasteiger partial charge < -0.3 is 15.8 Å². The van der Waals surface area contributed by atoms with Crippen molar-refractivity contribution in [1.29, 1.82) is 0 Å². The molecule has 0 saturated heterocycles.